The lowest BCUT2D eigenvalue weighted by molar-refractivity contribution is -0.135. The number of ether oxygens (including phenoxy) is 2. The van der Waals surface area contributed by atoms with Crippen molar-refractivity contribution < 1.29 is 14.3 Å². The van der Waals surface area contributed by atoms with Gasteiger partial charge in [-0.25, -0.2) is 4.98 Å². The number of imidazole rings is 1. The van der Waals surface area contributed by atoms with Gasteiger partial charge in [-0.05, 0) is 50.3 Å². The molecule has 2 heterocycles. The molecule has 168 valence electrons. The Labute approximate surface area is 189 Å². The monoisotopic (exact) mass is 445 g/mol. The Morgan fingerprint density at radius 2 is 1.84 bits per heavy atom. The van der Waals surface area contributed by atoms with E-state index in [1.807, 2.05) is 43.6 Å². The molecule has 1 saturated heterocycles. The van der Waals surface area contributed by atoms with Crippen molar-refractivity contribution in [2.24, 2.45) is 0 Å². The molecule has 1 amide bonds. The van der Waals surface area contributed by atoms with Gasteiger partial charge in [0.2, 0.25) is 5.91 Å². The Balaban J connectivity index is 1.29. The number of benzene rings is 1. The van der Waals surface area contributed by atoms with E-state index in [1.54, 1.807) is 0 Å². The molecule has 0 radical (unpaired) electrons. The molecule has 0 atom stereocenters. The standard InChI is InChI=1S/C24H32ClN3O3/c1-2-30-17-18-31-16-15-27-14-11-26-22(27)19-7-12-28(13-8-19)23(29)24(9-10-24)20-3-5-21(25)6-4-20/h3-6,11,14,19H,2,7-10,12-13,15-18H2,1H3. The van der Waals surface area contributed by atoms with Gasteiger partial charge in [-0.3, -0.25) is 4.79 Å². The van der Waals surface area contributed by atoms with Crippen LogP contribution in [0.2, 0.25) is 5.02 Å². The Hall–Kier alpha value is -1.89. The topological polar surface area (TPSA) is 56.6 Å². The number of piperidine rings is 1. The molecule has 7 heteroatoms. The van der Waals surface area contributed by atoms with Gasteiger partial charge in [0.1, 0.15) is 5.82 Å². The van der Waals surface area contributed by atoms with Crippen molar-refractivity contribution in [1.82, 2.24) is 14.5 Å². The molecular weight excluding hydrogens is 414 g/mol. The molecule has 4 rings (SSSR count). The molecule has 0 bridgehead atoms. The van der Waals surface area contributed by atoms with E-state index in [2.05, 4.69) is 14.5 Å². The van der Waals surface area contributed by atoms with Gasteiger partial charge >= 0.3 is 0 Å². The molecule has 1 saturated carbocycles. The lowest BCUT2D eigenvalue weighted by atomic mass is 9.91. The van der Waals surface area contributed by atoms with Gasteiger partial charge in [0, 0.05) is 49.6 Å². The molecule has 1 aliphatic carbocycles. The van der Waals surface area contributed by atoms with Crippen LogP contribution < -0.4 is 0 Å². The predicted molar refractivity (Wildman–Crippen MR) is 120 cm³/mol. The Bertz CT molecular complexity index is 855. The van der Waals surface area contributed by atoms with Gasteiger partial charge in [0.15, 0.2) is 0 Å². The van der Waals surface area contributed by atoms with Crippen LogP contribution in [-0.2, 0) is 26.2 Å². The smallest absolute Gasteiger partial charge is 0.233 e. The summed E-state index contributed by atoms with van der Waals surface area (Å²) in [5.41, 5.74) is 0.776. The third kappa shape index (κ3) is 5.13. The van der Waals surface area contributed by atoms with Crippen LogP contribution in [0.5, 0.6) is 0 Å². The van der Waals surface area contributed by atoms with Gasteiger partial charge in [-0.1, -0.05) is 23.7 Å². The fourth-order valence-corrected chi connectivity index (χ4v) is 4.69. The minimum Gasteiger partial charge on any atom is -0.379 e. The van der Waals surface area contributed by atoms with E-state index in [4.69, 9.17) is 21.1 Å². The largest absolute Gasteiger partial charge is 0.379 e. The predicted octanol–water partition coefficient (Wildman–Crippen LogP) is 4.03. The number of rotatable bonds is 10. The molecule has 0 N–H and O–H groups in total. The summed E-state index contributed by atoms with van der Waals surface area (Å²) >= 11 is 6.03. The summed E-state index contributed by atoms with van der Waals surface area (Å²) in [7, 11) is 0. The summed E-state index contributed by atoms with van der Waals surface area (Å²) < 4.78 is 13.2. The number of amides is 1. The summed E-state index contributed by atoms with van der Waals surface area (Å²) in [6, 6.07) is 7.79. The van der Waals surface area contributed by atoms with Crippen molar-refractivity contribution in [2.75, 3.05) is 39.5 Å². The first kappa shape index (κ1) is 22.3. The number of hydrogen-bond donors (Lipinski definition) is 0. The third-order valence-corrected chi connectivity index (χ3v) is 6.76. The number of nitrogens with zero attached hydrogens (tertiary/aromatic N) is 3. The van der Waals surface area contributed by atoms with Gasteiger partial charge in [0.05, 0.1) is 25.2 Å². The second-order valence-electron chi connectivity index (χ2n) is 8.44. The van der Waals surface area contributed by atoms with E-state index in [9.17, 15) is 4.79 Å². The number of hydrogen-bond acceptors (Lipinski definition) is 4. The summed E-state index contributed by atoms with van der Waals surface area (Å²) in [6.07, 6.45) is 7.66. The molecule has 2 fully saturated rings. The Morgan fingerprint density at radius 3 is 2.52 bits per heavy atom. The summed E-state index contributed by atoms with van der Waals surface area (Å²) in [5, 5.41) is 0.711. The van der Waals surface area contributed by atoms with Crippen molar-refractivity contribution in [2.45, 2.75) is 50.5 Å². The van der Waals surface area contributed by atoms with Crippen LogP contribution in [0.25, 0.3) is 0 Å². The van der Waals surface area contributed by atoms with Crippen LogP contribution in [0.4, 0.5) is 0 Å². The quantitative estimate of drug-likeness (QED) is 0.518. The van der Waals surface area contributed by atoms with E-state index >= 15 is 0 Å². The van der Waals surface area contributed by atoms with Crippen LogP contribution in [0.1, 0.15) is 49.9 Å². The second-order valence-corrected chi connectivity index (χ2v) is 8.88. The second kappa shape index (κ2) is 10.2. The minimum absolute atomic E-state index is 0.277. The summed E-state index contributed by atoms with van der Waals surface area (Å²) in [5.74, 6) is 1.77. The zero-order chi connectivity index (χ0) is 21.7. The normalized spacial score (nSPS) is 18.3. The highest BCUT2D eigenvalue weighted by Gasteiger charge is 2.53. The van der Waals surface area contributed by atoms with E-state index in [0.717, 1.165) is 63.3 Å². The van der Waals surface area contributed by atoms with Crippen LogP contribution in [0.3, 0.4) is 0 Å². The van der Waals surface area contributed by atoms with Crippen molar-refractivity contribution in [3.05, 3.63) is 53.1 Å². The summed E-state index contributed by atoms with van der Waals surface area (Å²) in [6.45, 7) is 6.98. The molecule has 1 aliphatic heterocycles. The van der Waals surface area contributed by atoms with E-state index < -0.39 is 0 Å². The van der Waals surface area contributed by atoms with E-state index in [1.165, 1.54) is 0 Å². The van der Waals surface area contributed by atoms with Crippen molar-refractivity contribution in [3.8, 4) is 0 Å². The zero-order valence-electron chi connectivity index (χ0n) is 18.3. The van der Waals surface area contributed by atoms with Crippen molar-refractivity contribution in [1.29, 1.82) is 0 Å². The highest BCUT2D eigenvalue weighted by Crippen LogP contribution is 2.50. The lowest BCUT2D eigenvalue weighted by Gasteiger charge is -2.34. The molecule has 31 heavy (non-hydrogen) atoms. The minimum atomic E-state index is -0.325. The molecule has 1 aromatic heterocycles. The first-order valence-electron chi connectivity index (χ1n) is 11.4. The van der Waals surface area contributed by atoms with Gasteiger partial charge in [-0.15, -0.1) is 0 Å². The fraction of sp³-hybridized carbons (Fsp3) is 0.583. The number of likely N-dealkylation sites (tertiary alicyclic amines) is 1. The average Bonchev–Trinajstić information content (AvgIpc) is 3.47. The Kier molecular flexibility index (Phi) is 7.31. The maximum absolute atomic E-state index is 13.3. The number of carbonyl (C=O) groups is 1. The number of halogens is 1. The van der Waals surface area contributed by atoms with Gasteiger partial charge in [0.25, 0.3) is 0 Å². The molecule has 0 unspecified atom stereocenters. The van der Waals surface area contributed by atoms with Crippen LogP contribution in [0, 0.1) is 0 Å². The molecular formula is C24H32ClN3O3. The first-order valence-corrected chi connectivity index (χ1v) is 11.7. The van der Waals surface area contributed by atoms with E-state index in [0.29, 0.717) is 30.8 Å². The molecule has 0 spiro atoms. The highest BCUT2D eigenvalue weighted by molar-refractivity contribution is 6.30. The van der Waals surface area contributed by atoms with Crippen LogP contribution in [0.15, 0.2) is 36.7 Å². The molecule has 1 aromatic carbocycles. The van der Waals surface area contributed by atoms with Crippen molar-refractivity contribution >= 4 is 17.5 Å². The van der Waals surface area contributed by atoms with Crippen LogP contribution in [-0.4, -0.2) is 59.9 Å². The Morgan fingerprint density at radius 1 is 1.13 bits per heavy atom. The van der Waals surface area contributed by atoms with E-state index in [-0.39, 0.29) is 11.3 Å². The summed E-state index contributed by atoms with van der Waals surface area (Å²) in [4.78, 5) is 20.0. The maximum atomic E-state index is 13.3. The molecule has 6 nitrogen and oxygen atoms in total. The maximum Gasteiger partial charge on any atom is 0.233 e. The lowest BCUT2D eigenvalue weighted by Crippen LogP contribution is -2.44. The number of aromatic nitrogens is 2. The molecule has 2 aromatic rings. The average molecular weight is 446 g/mol. The van der Waals surface area contributed by atoms with Crippen molar-refractivity contribution in [3.63, 3.8) is 0 Å². The zero-order valence-corrected chi connectivity index (χ0v) is 19.0. The molecule has 2 aliphatic rings. The number of carbonyl (C=O) groups excluding carboxylic acids is 1. The highest BCUT2D eigenvalue weighted by atomic mass is 35.5. The third-order valence-electron chi connectivity index (χ3n) is 6.50. The first-order chi connectivity index (χ1) is 15.1. The fourth-order valence-electron chi connectivity index (χ4n) is 4.56. The van der Waals surface area contributed by atoms with Gasteiger partial charge in [-0.2, -0.15) is 0 Å². The van der Waals surface area contributed by atoms with Gasteiger partial charge < -0.3 is 18.9 Å². The van der Waals surface area contributed by atoms with Crippen LogP contribution >= 0.6 is 11.6 Å². The SMILES string of the molecule is CCOCCOCCn1ccnc1C1CCN(C(=O)C2(c3ccc(Cl)cc3)CC2)CC1.